The molecular formula is C11H16N2S. The molecule has 0 N–H and O–H groups in total. The van der Waals surface area contributed by atoms with Crippen LogP contribution >= 0.6 is 11.8 Å². The van der Waals surface area contributed by atoms with Gasteiger partial charge < -0.3 is 0 Å². The summed E-state index contributed by atoms with van der Waals surface area (Å²) in [5.74, 6) is 2.10. The predicted octanol–water partition coefficient (Wildman–Crippen LogP) is 3.15. The highest BCUT2D eigenvalue weighted by molar-refractivity contribution is 7.99. The Balaban J connectivity index is 1.76. The lowest BCUT2D eigenvalue weighted by molar-refractivity contribution is 0.391. The molecule has 1 aliphatic carbocycles. The minimum atomic E-state index is 0.901. The van der Waals surface area contributed by atoms with Gasteiger partial charge in [-0.2, -0.15) is 0 Å². The first-order chi connectivity index (χ1) is 6.95. The number of aromatic nitrogens is 2. The van der Waals surface area contributed by atoms with Gasteiger partial charge in [0.15, 0.2) is 5.16 Å². The average Bonchev–Trinajstić information content (AvgIpc) is 2.29. The standard InChI is InChI=1S/C11H16N2S/c1-2-5-10(6-3-1)9-14-11-12-7-4-8-13-11/h4,7-8,10H,1-3,5-6,9H2. The van der Waals surface area contributed by atoms with Crippen LogP contribution in [-0.4, -0.2) is 15.7 Å². The highest BCUT2D eigenvalue weighted by atomic mass is 32.2. The Bertz CT molecular complexity index is 257. The van der Waals surface area contributed by atoms with E-state index in [9.17, 15) is 0 Å². The van der Waals surface area contributed by atoms with Crippen molar-refractivity contribution in [3.63, 3.8) is 0 Å². The van der Waals surface area contributed by atoms with Gasteiger partial charge in [-0.05, 0) is 24.8 Å². The number of nitrogens with zero attached hydrogens (tertiary/aromatic N) is 2. The van der Waals surface area contributed by atoms with E-state index < -0.39 is 0 Å². The van der Waals surface area contributed by atoms with E-state index in [-0.39, 0.29) is 0 Å². The maximum absolute atomic E-state index is 4.21. The molecule has 0 unspecified atom stereocenters. The van der Waals surface area contributed by atoms with Crippen molar-refractivity contribution in [1.29, 1.82) is 0 Å². The molecule has 1 aromatic rings. The summed E-state index contributed by atoms with van der Waals surface area (Å²) >= 11 is 1.80. The van der Waals surface area contributed by atoms with Crippen molar-refractivity contribution in [3.05, 3.63) is 18.5 Å². The Morgan fingerprint density at radius 3 is 2.57 bits per heavy atom. The molecule has 0 bridgehead atoms. The van der Waals surface area contributed by atoms with Gasteiger partial charge in [0.25, 0.3) is 0 Å². The SMILES string of the molecule is c1cnc(SCC2CCCCC2)nc1. The topological polar surface area (TPSA) is 25.8 Å². The fraction of sp³-hybridized carbons (Fsp3) is 0.636. The molecule has 0 aliphatic heterocycles. The van der Waals surface area contributed by atoms with Crippen molar-refractivity contribution in [3.8, 4) is 0 Å². The molecule has 0 spiro atoms. The molecule has 0 radical (unpaired) electrons. The van der Waals surface area contributed by atoms with Crippen LogP contribution in [-0.2, 0) is 0 Å². The Morgan fingerprint density at radius 1 is 1.14 bits per heavy atom. The molecule has 1 aromatic heterocycles. The molecule has 2 nitrogen and oxygen atoms in total. The zero-order valence-corrected chi connectivity index (χ0v) is 9.17. The number of hydrogen-bond donors (Lipinski definition) is 0. The summed E-state index contributed by atoms with van der Waals surface area (Å²) in [6.07, 6.45) is 10.7. The Kier molecular flexibility index (Phi) is 3.80. The van der Waals surface area contributed by atoms with E-state index in [0.29, 0.717) is 0 Å². The summed E-state index contributed by atoms with van der Waals surface area (Å²) in [6, 6.07) is 1.87. The maximum atomic E-state index is 4.21. The monoisotopic (exact) mass is 208 g/mol. The lowest BCUT2D eigenvalue weighted by Gasteiger charge is -2.20. The van der Waals surface area contributed by atoms with Gasteiger partial charge in [-0.25, -0.2) is 9.97 Å². The molecule has 1 saturated carbocycles. The van der Waals surface area contributed by atoms with Crippen molar-refractivity contribution < 1.29 is 0 Å². The predicted molar refractivity (Wildman–Crippen MR) is 59.3 cm³/mol. The van der Waals surface area contributed by atoms with Crippen molar-refractivity contribution in [2.45, 2.75) is 37.3 Å². The first kappa shape index (κ1) is 9.97. The first-order valence-corrected chi connectivity index (χ1v) is 6.33. The van der Waals surface area contributed by atoms with E-state index in [0.717, 1.165) is 11.1 Å². The van der Waals surface area contributed by atoms with Crippen molar-refractivity contribution in [2.75, 3.05) is 5.75 Å². The van der Waals surface area contributed by atoms with Gasteiger partial charge in [0.1, 0.15) is 0 Å². The average molecular weight is 208 g/mol. The van der Waals surface area contributed by atoms with E-state index in [1.54, 1.807) is 11.8 Å². The van der Waals surface area contributed by atoms with Crippen LogP contribution in [0.2, 0.25) is 0 Å². The van der Waals surface area contributed by atoms with Crippen LogP contribution < -0.4 is 0 Å². The molecular weight excluding hydrogens is 192 g/mol. The lowest BCUT2D eigenvalue weighted by atomic mass is 9.91. The van der Waals surface area contributed by atoms with E-state index in [4.69, 9.17) is 0 Å². The molecule has 1 aliphatic rings. The second kappa shape index (κ2) is 5.35. The van der Waals surface area contributed by atoms with Crippen LogP contribution in [0.3, 0.4) is 0 Å². The van der Waals surface area contributed by atoms with Gasteiger partial charge in [-0.15, -0.1) is 0 Å². The van der Waals surface area contributed by atoms with Gasteiger partial charge in [0.2, 0.25) is 0 Å². The highest BCUT2D eigenvalue weighted by Crippen LogP contribution is 2.28. The van der Waals surface area contributed by atoms with Crippen molar-refractivity contribution in [2.24, 2.45) is 5.92 Å². The second-order valence-corrected chi connectivity index (χ2v) is 4.83. The molecule has 1 fully saturated rings. The molecule has 14 heavy (non-hydrogen) atoms. The quantitative estimate of drug-likeness (QED) is 0.563. The number of hydrogen-bond acceptors (Lipinski definition) is 3. The van der Waals surface area contributed by atoms with Gasteiger partial charge in [-0.3, -0.25) is 0 Å². The molecule has 0 amide bonds. The summed E-state index contributed by atoms with van der Waals surface area (Å²) in [5.41, 5.74) is 0. The Morgan fingerprint density at radius 2 is 1.86 bits per heavy atom. The fourth-order valence-electron chi connectivity index (χ4n) is 1.91. The van der Waals surface area contributed by atoms with Crippen molar-refractivity contribution in [1.82, 2.24) is 9.97 Å². The summed E-state index contributed by atoms with van der Waals surface area (Å²) in [5, 5.41) is 0.929. The van der Waals surface area contributed by atoms with Crippen molar-refractivity contribution >= 4 is 11.8 Å². The Hall–Kier alpha value is -0.570. The van der Waals surface area contributed by atoms with Gasteiger partial charge >= 0.3 is 0 Å². The first-order valence-electron chi connectivity index (χ1n) is 5.35. The third-order valence-electron chi connectivity index (χ3n) is 2.71. The fourth-order valence-corrected chi connectivity index (χ4v) is 2.90. The molecule has 76 valence electrons. The normalized spacial score (nSPS) is 18.3. The van der Waals surface area contributed by atoms with Crippen LogP contribution in [0.1, 0.15) is 32.1 Å². The van der Waals surface area contributed by atoms with E-state index in [1.807, 2.05) is 18.5 Å². The lowest BCUT2D eigenvalue weighted by Crippen LogP contribution is -2.08. The summed E-state index contributed by atoms with van der Waals surface area (Å²) in [7, 11) is 0. The van der Waals surface area contributed by atoms with Gasteiger partial charge in [0.05, 0.1) is 0 Å². The molecule has 0 atom stereocenters. The summed E-state index contributed by atoms with van der Waals surface area (Å²) in [4.78, 5) is 8.43. The smallest absolute Gasteiger partial charge is 0.187 e. The highest BCUT2D eigenvalue weighted by Gasteiger charge is 2.13. The minimum absolute atomic E-state index is 0.901. The van der Waals surface area contributed by atoms with Gasteiger partial charge in [0, 0.05) is 18.1 Å². The number of rotatable bonds is 3. The maximum Gasteiger partial charge on any atom is 0.187 e. The van der Waals surface area contributed by atoms with Crippen LogP contribution in [0.25, 0.3) is 0 Å². The van der Waals surface area contributed by atoms with E-state index in [1.165, 1.54) is 37.9 Å². The zero-order chi connectivity index (χ0) is 9.64. The molecule has 0 saturated heterocycles. The third kappa shape index (κ3) is 2.98. The van der Waals surface area contributed by atoms with Crippen LogP contribution in [0.4, 0.5) is 0 Å². The van der Waals surface area contributed by atoms with E-state index in [2.05, 4.69) is 9.97 Å². The summed E-state index contributed by atoms with van der Waals surface area (Å²) < 4.78 is 0. The summed E-state index contributed by atoms with van der Waals surface area (Å²) in [6.45, 7) is 0. The second-order valence-electron chi connectivity index (χ2n) is 3.85. The molecule has 0 aromatic carbocycles. The Labute approximate surface area is 89.5 Å². The largest absolute Gasteiger partial charge is 0.231 e. The third-order valence-corrected chi connectivity index (χ3v) is 3.82. The van der Waals surface area contributed by atoms with Crippen LogP contribution in [0.15, 0.2) is 23.6 Å². The van der Waals surface area contributed by atoms with Gasteiger partial charge in [-0.1, -0.05) is 31.0 Å². The zero-order valence-electron chi connectivity index (χ0n) is 8.35. The molecule has 3 heteroatoms. The van der Waals surface area contributed by atoms with Crippen LogP contribution in [0, 0.1) is 5.92 Å². The minimum Gasteiger partial charge on any atom is -0.231 e. The van der Waals surface area contributed by atoms with Crippen LogP contribution in [0.5, 0.6) is 0 Å². The molecule has 2 rings (SSSR count). The molecule has 1 heterocycles. The van der Waals surface area contributed by atoms with E-state index >= 15 is 0 Å². The number of thioether (sulfide) groups is 1.